The van der Waals surface area contributed by atoms with Gasteiger partial charge in [0.25, 0.3) is 0 Å². The van der Waals surface area contributed by atoms with Crippen LogP contribution in [0.4, 0.5) is 5.69 Å². The van der Waals surface area contributed by atoms with Crippen molar-refractivity contribution in [2.45, 2.75) is 12.8 Å². The number of anilines is 1. The molecular weight excluding hydrogens is 360 g/mol. The van der Waals surface area contributed by atoms with Gasteiger partial charge in [-0.05, 0) is 42.1 Å². The van der Waals surface area contributed by atoms with Gasteiger partial charge in [-0.25, -0.2) is 4.98 Å². The van der Waals surface area contributed by atoms with Gasteiger partial charge in [0.15, 0.2) is 0 Å². The van der Waals surface area contributed by atoms with Gasteiger partial charge in [-0.1, -0.05) is 29.8 Å². The number of nitriles is 1. The molecule has 1 atom stereocenters. The first kappa shape index (κ1) is 17.5. The first-order chi connectivity index (χ1) is 13.0. The van der Waals surface area contributed by atoms with E-state index in [9.17, 15) is 13.7 Å². The summed E-state index contributed by atoms with van der Waals surface area (Å²) in [4.78, 5) is 4.05. The molecule has 0 spiro atoms. The molecule has 1 aliphatic rings. The summed E-state index contributed by atoms with van der Waals surface area (Å²) in [7, 11) is -3.61. The number of rotatable bonds is 2. The van der Waals surface area contributed by atoms with E-state index in [0.29, 0.717) is 29.9 Å². The number of aryl methyl sites for hydroxylation is 1. The van der Waals surface area contributed by atoms with Gasteiger partial charge in [0, 0.05) is 30.6 Å². The molecule has 1 aromatic heterocycles. The number of aromatic nitrogens is 1. The lowest BCUT2D eigenvalue weighted by atomic mass is 9.97. The highest BCUT2D eigenvalue weighted by Crippen LogP contribution is 2.30. The van der Waals surface area contributed by atoms with Crippen LogP contribution in [0, 0.1) is 18.3 Å². The molecule has 1 saturated heterocycles. The van der Waals surface area contributed by atoms with Crippen LogP contribution >= 0.6 is 0 Å². The van der Waals surface area contributed by atoms with Crippen molar-refractivity contribution in [3.8, 4) is 6.07 Å². The van der Waals surface area contributed by atoms with E-state index in [1.807, 2.05) is 25.1 Å². The van der Waals surface area contributed by atoms with Crippen LogP contribution in [-0.4, -0.2) is 26.5 Å². The van der Waals surface area contributed by atoms with Gasteiger partial charge in [0.1, 0.15) is 11.8 Å². The van der Waals surface area contributed by atoms with Crippen molar-refractivity contribution >= 4 is 26.7 Å². The fraction of sp³-hybridized carbons (Fsp3) is 0.200. The van der Waals surface area contributed by atoms with E-state index in [1.165, 1.54) is 4.31 Å². The molecule has 4 rings (SSSR count). The number of hydrogen-bond acceptors (Lipinski definition) is 4. The van der Waals surface area contributed by atoms with Gasteiger partial charge in [0.05, 0.1) is 5.69 Å². The molecule has 2 heterocycles. The lowest BCUT2D eigenvalue weighted by molar-refractivity contribution is 0.541. The predicted octanol–water partition coefficient (Wildman–Crippen LogP) is 2.85. The molecule has 7 heteroatoms. The Morgan fingerprint density at radius 2 is 2.07 bits per heavy atom. The summed E-state index contributed by atoms with van der Waals surface area (Å²) in [6.07, 6.45) is 1.56. The SMILES string of the molecule is Cc1cccc([C@H]2CNS(=O)(=O)N(c3ccc4c(C#N)nccc4c3)C2)c1. The Labute approximate surface area is 158 Å². The van der Waals surface area contributed by atoms with E-state index in [1.54, 1.807) is 30.5 Å². The molecule has 0 bridgehead atoms. The van der Waals surface area contributed by atoms with Crippen molar-refractivity contribution in [3.63, 3.8) is 0 Å². The van der Waals surface area contributed by atoms with Crippen LogP contribution in [-0.2, 0) is 10.2 Å². The van der Waals surface area contributed by atoms with Gasteiger partial charge in [-0.2, -0.15) is 18.4 Å². The summed E-state index contributed by atoms with van der Waals surface area (Å²) in [5.74, 6) is 0.0521. The molecule has 3 aromatic rings. The summed E-state index contributed by atoms with van der Waals surface area (Å²) < 4.78 is 29.3. The molecule has 0 radical (unpaired) electrons. The Hall–Kier alpha value is -2.95. The first-order valence-corrected chi connectivity index (χ1v) is 10.0. The molecule has 0 amide bonds. The predicted molar refractivity (Wildman–Crippen MR) is 105 cm³/mol. The topological polar surface area (TPSA) is 86.1 Å². The zero-order valence-electron chi connectivity index (χ0n) is 14.8. The Morgan fingerprint density at radius 1 is 1.22 bits per heavy atom. The van der Waals surface area contributed by atoms with Crippen LogP contribution in [0.25, 0.3) is 10.8 Å². The maximum atomic E-state index is 12.6. The highest BCUT2D eigenvalue weighted by molar-refractivity contribution is 7.91. The largest absolute Gasteiger partial charge is 0.301 e. The molecule has 0 unspecified atom stereocenters. The first-order valence-electron chi connectivity index (χ1n) is 8.61. The quantitative estimate of drug-likeness (QED) is 0.743. The second-order valence-electron chi connectivity index (χ2n) is 6.67. The number of benzene rings is 2. The van der Waals surface area contributed by atoms with Crippen LogP contribution in [0.5, 0.6) is 0 Å². The molecule has 0 saturated carbocycles. The van der Waals surface area contributed by atoms with Crippen molar-refractivity contribution in [1.82, 2.24) is 9.71 Å². The van der Waals surface area contributed by atoms with E-state index in [0.717, 1.165) is 16.5 Å². The lowest BCUT2D eigenvalue weighted by Crippen LogP contribution is -2.50. The molecule has 6 nitrogen and oxygen atoms in total. The Kier molecular flexibility index (Phi) is 4.30. The Balaban J connectivity index is 1.74. The molecule has 27 heavy (non-hydrogen) atoms. The number of fused-ring (bicyclic) bond motifs is 1. The van der Waals surface area contributed by atoms with Gasteiger partial charge in [-0.3, -0.25) is 4.31 Å². The van der Waals surface area contributed by atoms with Crippen molar-refractivity contribution in [3.05, 3.63) is 71.5 Å². The number of nitrogens with zero attached hydrogens (tertiary/aromatic N) is 3. The summed E-state index contributed by atoms with van der Waals surface area (Å²) in [5, 5.41) is 10.7. The molecule has 1 aliphatic heterocycles. The van der Waals surface area contributed by atoms with Crippen molar-refractivity contribution in [2.24, 2.45) is 0 Å². The third-order valence-corrected chi connectivity index (χ3v) is 6.32. The zero-order chi connectivity index (χ0) is 19.0. The van der Waals surface area contributed by atoms with Gasteiger partial charge < -0.3 is 0 Å². The van der Waals surface area contributed by atoms with Crippen LogP contribution in [0.3, 0.4) is 0 Å². The number of nitrogens with one attached hydrogen (secondary N) is 1. The molecule has 0 aliphatic carbocycles. The minimum atomic E-state index is -3.61. The highest BCUT2D eigenvalue weighted by Gasteiger charge is 2.32. The van der Waals surface area contributed by atoms with Crippen LogP contribution < -0.4 is 9.03 Å². The summed E-state index contributed by atoms with van der Waals surface area (Å²) >= 11 is 0. The van der Waals surface area contributed by atoms with E-state index in [-0.39, 0.29) is 5.92 Å². The maximum absolute atomic E-state index is 12.6. The average molecular weight is 378 g/mol. The normalized spacial score (nSPS) is 19.0. The molecular formula is C20H18N4O2S. The lowest BCUT2D eigenvalue weighted by Gasteiger charge is -2.34. The maximum Gasteiger partial charge on any atom is 0.301 e. The third kappa shape index (κ3) is 3.25. The molecule has 136 valence electrons. The number of hydrogen-bond donors (Lipinski definition) is 1. The standard InChI is InChI=1S/C20H18N4O2S/c1-14-3-2-4-15(9-14)17-12-23-27(25,26)24(13-17)18-5-6-19-16(10-18)7-8-22-20(19)11-21/h2-10,17,23H,12-13H2,1H3/t17-/m0/s1. The van der Waals surface area contributed by atoms with Crippen LogP contribution in [0.1, 0.15) is 22.7 Å². The van der Waals surface area contributed by atoms with Crippen molar-refractivity contribution < 1.29 is 8.42 Å². The minimum Gasteiger partial charge on any atom is -0.257 e. The zero-order valence-corrected chi connectivity index (χ0v) is 15.6. The van der Waals surface area contributed by atoms with Crippen molar-refractivity contribution in [2.75, 3.05) is 17.4 Å². The summed E-state index contributed by atoms with van der Waals surface area (Å²) in [5.41, 5.74) is 3.16. The molecule has 2 aromatic carbocycles. The van der Waals surface area contributed by atoms with E-state index in [2.05, 4.69) is 21.8 Å². The van der Waals surface area contributed by atoms with Crippen molar-refractivity contribution in [1.29, 1.82) is 5.26 Å². The van der Waals surface area contributed by atoms with Crippen LogP contribution in [0.15, 0.2) is 54.7 Å². The smallest absolute Gasteiger partial charge is 0.257 e. The monoisotopic (exact) mass is 378 g/mol. The van der Waals surface area contributed by atoms with E-state index >= 15 is 0 Å². The number of pyridine rings is 1. The fourth-order valence-corrected chi connectivity index (χ4v) is 4.78. The summed E-state index contributed by atoms with van der Waals surface area (Å²) in [6, 6.07) is 17.2. The summed E-state index contributed by atoms with van der Waals surface area (Å²) in [6.45, 7) is 2.76. The average Bonchev–Trinajstić information content (AvgIpc) is 2.67. The fourth-order valence-electron chi connectivity index (χ4n) is 3.45. The van der Waals surface area contributed by atoms with Gasteiger partial charge in [-0.15, -0.1) is 0 Å². The van der Waals surface area contributed by atoms with Gasteiger partial charge in [0.2, 0.25) is 0 Å². The second kappa shape index (κ2) is 6.65. The van der Waals surface area contributed by atoms with Crippen LogP contribution in [0.2, 0.25) is 0 Å². The van der Waals surface area contributed by atoms with Gasteiger partial charge >= 0.3 is 10.2 Å². The van der Waals surface area contributed by atoms with E-state index in [4.69, 9.17) is 0 Å². The third-order valence-electron chi connectivity index (χ3n) is 4.84. The van der Waals surface area contributed by atoms with E-state index < -0.39 is 10.2 Å². The minimum absolute atomic E-state index is 0.0521. The Bertz CT molecular complexity index is 1170. The molecule has 1 N–H and O–H groups in total. The Morgan fingerprint density at radius 3 is 2.85 bits per heavy atom. The highest BCUT2D eigenvalue weighted by atomic mass is 32.2. The molecule has 1 fully saturated rings. The second-order valence-corrected chi connectivity index (χ2v) is 8.35.